The summed E-state index contributed by atoms with van der Waals surface area (Å²) >= 11 is 5.91. The van der Waals surface area contributed by atoms with Crippen LogP contribution in [-0.2, 0) is 11.3 Å². The molecule has 0 aliphatic rings. The van der Waals surface area contributed by atoms with Crippen molar-refractivity contribution in [3.8, 4) is 5.69 Å². The summed E-state index contributed by atoms with van der Waals surface area (Å²) in [4.78, 5) is 29.2. The van der Waals surface area contributed by atoms with E-state index in [0.29, 0.717) is 21.7 Å². The second-order valence-electron chi connectivity index (χ2n) is 5.87. The van der Waals surface area contributed by atoms with Crippen LogP contribution >= 0.6 is 11.6 Å². The van der Waals surface area contributed by atoms with Crippen LogP contribution in [0.25, 0.3) is 16.7 Å². The van der Waals surface area contributed by atoms with E-state index in [1.165, 1.54) is 17.1 Å². The van der Waals surface area contributed by atoms with Crippen LogP contribution in [0.2, 0.25) is 5.02 Å². The van der Waals surface area contributed by atoms with E-state index in [1.54, 1.807) is 28.9 Å². The van der Waals surface area contributed by atoms with Crippen molar-refractivity contribution in [2.45, 2.75) is 6.54 Å². The minimum Gasteiger partial charge on any atom is -0.324 e. The molecule has 1 N–H and O–H groups in total. The van der Waals surface area contributed by atoms with Crippen LogP contribution in [-0.4, -0.2) is 25.2 Å². The molecule has 1 amide bonds. The summed E-state index contributed by atoms with van der Waals surface area (Å²) in [6.07, 6.45) is 2.81. The van der Waals surface area contributed by atoms with Gasteiger partial charge in [-0.2, -0.15) is 5.10 Å². The number of amides is 1. The average Bonchev–Trinajstić information content (AvgIpc) is 3.09. The Labute approximate surface area is 158 Å². The number of rotatable bonds is 4. The lowest BCUT2D eigenvalue weighted by Gasteiger charge is -2.08. The fourth-order valence-electron chi connectivity index (χ4n) is 2.74. The molecule has 0 saturated carbocycles. The maximum atomic E-state index is 12.7. The molecule has 0 aliphatic carbocycles. The number of hydrogen-bond acceptors (Lipinski definition) is 4. The first-order valence-electron chi connectivity index (χ1n) is 8.16. The second kappa shape index (κ2) is 7.05. The van der Waals surface area contributed by atoms with E-state index in [4.69, 9.17) is 11.6 Å². The van der Waals surface area contributed by atoms with Gasteiger partial charge >= 0.3 is 0 Å². The lowest BCUT2D eigenvalue weighted by molar-refractivity contribution is -0.116. The molecule has 0 radical (unpaired) electrons. The maximum Gasteiger partial charge on any atom is 0.264 e. The smallest absolute Gasteiger partial charge is 0.264 e. The van der Waals surface area contributed by atoms with Crippen molar-refractivity contribution in [3.05, 3.63) is 82.5 Å². The van der Waals surface area contributed by atoms with Gasteiger partial charge in [-0.3, -0.25) is 14.2 Å². The van der Waals surface area contributed by atoms with E-state index in [2.05, 4.69) is 15.4 Å². The molecule has 2 aromatic heterocycles. The van der Waals surface area contributed by atoms with Gasteiger partial charge in [-0.05, 0) is 30.3 Å². The molecule has 27 heavy (non-hydrogen) atoms. The third-order valence-corrected chi connectivity index (χ3v) is 4.21. The van der Waals surface area contributed by atoms with Crippen molar-refractivity contribution in [3.63, 3.8) is 0 Å². The Hall–Kier alpha value is -3.45. The highest BCUT2D eigenvalue weighted by molar-refractivity contribution is 6.30. The number of hydrogen-bond donors (Lipinski definition) is 1. The number of anilines is 1. The molecule has 0 spiro atoms. The SMILES string of the molecule is O=C(Cn1cnc2c(cnn2-c2ccccc2)c1=O)Nc1cccc(Cl)c1. The van der Waals surface area contributed by atoms with Crippen LogP contribution in [0.3, 0.4) is 0 Å². The molecule has 4 aromatic rings. The standard InChI is InChI=1S/C19H14ClN5O2/c20-13-5-4-6-14(9-13)23-17(26)11-24-12-21-18-16(19(24)27)10-22-25(18)15-7-2-1-3-8-15/h1-10,12H,11H2,(H,23,26). The van der Waals surface area contributed by atoms with E-state index in [0.717, 1.165) is 5.69 Å². The van der Waals surface area contributed by atoms with Crippen molar-refractivity contribution in [2.75, 3.05) is 5.32 Å². The fourth-order valence-corrected chi connectivity index (χ4v) is 2.93. The van der Waals surface area contributed by atoms with Gasteiger partial charge in [0.2, 0.25) is 5.91 Å². The molecule has 2 heterocycles. The molecule has 0 atom stereocenters. The first-order chi connectivity index (χ1) is 13.1. The minimum atomic E-state index is -0.351. The van der Waals surface area contributed by atoms with Crippen molar-refractivity contribution < 1.29 is 4.79 Å². The Morgan fingerprint density at radius 1 is 1.11 bits per heavy atom. The lowest BCUT2D eigenvalue weighted by Crippen LogP contribution is -2.27. The van der Waals surface area contributed by atoms with E-state index in [-0.39, 0.29) is 18.0 Å². The van der Waals surface area contributed by atoms with E-state index in [9.17, 15) is 9.59 Å². The first-order valence-corrected chi connectivity index (χ1v) is 8.53. The molecule has 4 rings (SSSR count). The maximum absolute atomic E-state index is 12.7. The Morgan fingerprint density at radius 2 is 1.93 bits per heavy atom. The number of benzene rings is 2. The first kappa shape index (κ1) is 17.0. The quantitative estimate of drug-likeness (QED) is 0.591. The number of para-hydroxylation sites is 1. The van der Waals surface area contributed by atoms with Gasteiger partial charge in [0.15, 0.2) is 5.65 Å². The van der Waals surface area contributed by atoms with Gasteiger partial charge in [-0.25, -0.2) is 9.67 Å². The summed E-state index contributed by atoms with van der Waals surface area (Å²) in [6.45, 7) is -0.162. The van der Waals surface area contributed by atoms with Gasteiger partial charge in [-0.1, -0.05) is 35.9 Å². The zero-order chi connectivity index (χ0) is 18.8. The monoisotopic (exact) mass is 379 g/mol. The van der Waals surface area contributed by atoms with Crippen LogP contribution in [0.15, 0.2) is 71.9 Å². The van der Waals surface area contributed by atoms with Crippen LogP contribution < -0.4 is 10.9 Å². The van der Waals surface area contributed by atoms with Gasteiger partial charge in [0.25, 0.3) is 5.56 Å². The number of nitrogens with zero attached hydrogens (tertiary/aromatic N) is 4. The van der Waals surface area contributed by atoms with Crippen molar-refractivity contribution in [1.29, 1.82) is 0 Å². The third-order valence-electron chi connectivity index (χ3n) is 3.98. The summed E-state index contributed by atoms with van der Waals surface area (Å²) in [7, 11) is 0. The summed E-state index contributed by atoms with van der Waals surface area (Å²) in [5.41, 5.74) is 1.48. The van der Waals surface area contributed by atoms with Gasteiger partial charge in [-0.15, -0.1) is 0 Å². The molecule has 8 heteroatoms. The normalized spacial score (nSPS) is 10.9. The Morgan fingerprint density at radius 3 is 2.70 bits per heavy atom. The van der Waals surface area contributed by atoms with Crippen molar-refractivity contribution in [2.24, 2.45) is 0 Å². The molecule has 0 bridgehead atoms. The van der Waals surface area contributed by atoms with Gasteiger partial charge in [0.05, 0.1) is 11.9 Å². The van der Waals surface area contributed by atoms with Crippen LogP contribution in [0.5, 0.6) is 0 Å². The lowest BCUT2D eigenvalue weighted by atomic mass is 10.3. The molecule has 2 aromatic carbocycles. The van der Waals surface area contributed by atoms with E-state index < -0.39 is 0 Å². The minimum absolute atomic E-state index is 0.162. The van der Waals surface area contributed by atoms with E-state index >= 15 is 0 Å². The molecular formula is C19H14ClN5O2. The van der Waals surface area contributed by atoms with Gasteiger partial charge < -0.3 is 5.32 Å². The topological polar surface area (TPSA) is 81.8 Å². The Balaban J connectivity index is 1.61. The molecule has 7 nitrogen and oxygen atoms in total. The third kappa shape index (κ3) is 3.45. The molecule has 0 unspecified atom stereocenters. The predicted molar refractivity (Wildman–Crippen MR) is 103 cm³/mol. The summed E-state index contributed by atoms with van der Waals surface area (Å²) < 4.78 is 2.84. The average molecular weight is 380 g/mol. The van der Waals surface area contributed by atoms with Crippen LogP contribution in [0.1, 0.15) is 0 Å². The number of carbonyl (C=O) groups is 1. The Bertz CT molecular complexity index is 1180. The summed E-state index contributed by atoms with van der Waals surface area (Å²) in [5.74, 6) is -0.351. The zero-order valence-electron chi connectivity index (χ0n) is 14.0. The number of aromatic nitrogens is 4. The highest BCUT2D eigenvalue weighted by Gasteiger charge is 2.13. The van der Waals surface area contributed by atoms with Crippen molar-refractivity contribution >= 4 is 34.2 Å². The summed E-state index contributed by atoms with van der Waals surface area (Å²) in [6, 6.07) is 16.2. The fraction of sp³-hybridized carbons (Fsp3) is 0.0526. The van der Waals surface area contributed by atoms with Gasteiger partial charge in [0.1, 0.15) is 18.3 Å². The number of nitrogens with one attached hydrogen (secondary N) is 1. The zero-order valence-corrected chi connectivity index (χ0v) is 14.8. The molecular weight excluding hydrogens is 366 g/mol. The number of fused-ring (bicyclic) bond motifs is 1. The molecule has 134 valence electrons. The predicted octanol–water partition coefficient (Wildman–Crippen LogP) is 2.87. The number of carbonyl (C=O) groups excluding carboxylic acids is 1. The molecule has 0 fully saturated rings. The Kier molecular flexibility index (Phi) is 4.43. The van der Waals surface area contributed by atoms with E-state index in [1.807, 2.05) is 30.3 Å². The van der Waals surface area contributed by atoms with Crippen LogP contribution in [0.4, 0.5) is 5.69 Å². The largest absolute Gasteiger partial charge is 0.324 e. The van der Waals surface area contributed by atoms with Crippen LogP contribution in [0, 0.1) is 0 Å². The highest BCUT2D eigenvalue weighted by Crippen LogP contribution is 2.15. The highest BCUT2D eigenvalue weighted by atomic mass is 35.5. The van der Waals surface area contributed by atoms with Gasteiger partial charge in [0, 0.05) is 10.7 Å². The summed E-state index contributed by atoms with van der Waals surface area (Å²) in [5, 5.41) is 7.82. The second-order valence-corrected chi connectivity index (χ2v) is 6.30. The molecule has 0 aliphatic heterocycles. The molecule has 0 saturated heterocycles. The number of halogens is 1. The van der Waals surface area contributed by atoms with Crippen molar-refractivity contribution in [1.82, 2.24) is 19.3 Å².